The zero-order chi connectivity index (χ0) is 32.6. The quantitative estimate of drug-likeness (QED) is 0.408. The topological polar surface area (TPSA) is 138 Å². The lowest BCUT2D eigenvalue weighted by Gasteiger charge is -2.39. The summed E-state index contributed by atoms with van der Waals surface area (Å²) in [4.78, 5) is 57.2. The van der Waals surface area contributed by atoms with Gasteiger partial charge in [0.2, 0.25) is 17.7 Å². The molecule has 0 bridgehead atoms. The van der Waals surface area contributed by atoms with Crippen molar-refractivity contribution in [3.8, 4) is 11.5 Å². The Morgan fingerprint density at radius 1 is 1.02 bits per heavy atom. The summed E-state index contributed by atoms with van der Waals surface area (Å²) in [5.74, 6) is -1.31. The van der Waals surface area contributed by atoms with Gasteiger partial charge in [0.05, 0.1) is 27.3 Å². The smallest absolute Gasteiger partial charge is 0.339 e. The first-order valence-corrected chi connectivity index (χ1v) is 15.7. The highest BCUT2D eigenvalue weighted by Crippen LogP contribution is 2.36. The van der Waals surface area contributed by atoms with E-state index in [1.54, 1.807) is 17.0 Å². The van der Waals surface area contributed by atoms with Crippen molar-refractivity contribution in [2.45, 2.75) is 64.5 Å². The number of nitrogens with zero attached hydrogens (tertiary/aromatic N) is 2. The van der Waals surface area contributed by atoms with E-state index in [9.17, 15) is 24.3 Å². The van der Waals surface area contributed by atoms with Crippen molar-refractivity contribution in [3.05, 3.63) is 58.7 Å². The highest BCUT2D eigenvalue weighted by atomic mass is 16.5. The van der Waals surface area contributed by atoms with E-state index in [1.165, 1.54) is 14.2 Å². The van der Waals surface area contributed by atoms with Gasteiger partial charge in [0.15, 0.2) is 11.5 Å². The van der Waals surface area contributed by atoms with Gasteiger partial charge in [0, 0.05) is 19.6 Å². The van der Waals surface area contributed by atoms with Crippen LogP contribution in [0.5, 0.6) is 11.5 Å². The number of hydrogen-bond acceptors (Lipinski definition) is 7. The van der Waals surface area contributed by atoms with E-state index in [2.05, 4.69) is 24.5 Å². The Bertz CT molecular complexity index is 1390. The second kappa shape index (κ2) is 15.2. The van der Waals surface area contributed by atoms with Gasteiger partial charge < -0.3 is 30.1 Å². The standard InChI is InChI=1S/C34H46N4O7/c1-23(2)15-19-38-21-28(39)36-34(16-9-11-24-10-5-6-12-26(24)34)33(43)35-17-7-8-18-37(22-29(38)40)20-25-13-14-27(44-3)31(45-4)30(25)32(41)42/h5-6,10,12-14,23H,7-9,11,15-22H2,1-4H3,(H,35,43)(H,36,39)(H,41,42). The molecule has 2 aromatic carbocycles. The van der Waals surface area contributed by atoms with E-state index < -0.39 is 17.4 Å². The number of methoxy groups -OCH3 is 2. The molecule has 1 spiro atoms. The van der Waals surface area contributed by atoms with E-state index in [1.807, 2.05) is 29.2 Å². The van der Waals surface area contributed by atoms with Crippen molar-refractivity contribution in [3.63, 3.8) is 0 Å². The Kier molecular flexibility index (Phi) is 11.4. The lowest BCUT2D eigenvalue weighted by molar-refractivity contribution is -0.140. The third-order valence-corrected chi connectivity index (χ3v) is 8.66. The highest BCUT2D eigenvalue weighted by molar-refractivity contribution is 5.95. The molecule has 1 aliphatic carbocycles. The van der Waals surface area contributed by atoms with Gasteiger partial charge in [0.1, 0.15) is 11.1 Å². The van der Waals surface area contributed by atoms with E-state index in [4.69, 9.17) is 9.47 Å². The predicted octanol–water partition coefficient (Wildman–Crippen LogP) is 3.34. The second-order valence-corrected chi connectivity index (χ2v) is 12.3. The van der Waals surface area contributed by atoms with Crippen LogP contribution in [0.3, 0.4) is 0 Å². The molecule has 244 valence electrons. The molecule has 1 heterocycles. The third-order valence-electron chi connectivity index (χ3n) is 8.66. The summed E-state index contributed by atoms with van der Waals surface area (Å²) in [6.45, 7) is 5.36. The third kappa shape index (κ3) is 7.94. The van der Waals surface area contributed by atoms with Crippen LogP contribution in [0.25, 0.3) is 0 Å². The Morgan fingerprint density at radius 3 is 2.51 bits per heavy atom. The largest absolute Gasteiger partial charge is 0.493 e. The van der Waals surface area contributed by atoms with Gasteiger partial charge in [-0.2, -0.15) is 0 Å². The first kappa shape index (κ1) is 33.8. The van der Waals surface area contributed by atoms with Gasteiger partial charge in [-0.05, 0) is 73.7 Å². The average Bonchev–Trinajstić information content (AvgIpc) is 3.01. The minimum atomic E-state index is -1.20. The average molecular weight is 623 g/mol. The molecule has 0 radical (unpaired) electrons. The Morgan fingerprint density at radius 2 is 1.80 bits per heavy atom. The lowest BCUT2D eigenvalue weighted by atomic mass is 9.75. The van der Waals surface area contributed by atoms with Gasteiger partial charge in [-0.3, -0.25) is 19.3 Å². The second-order valence-electron chi connectivity index (χ2n) is 12.3. The summed E-state index contributed by atoms with van der Waals surface area (Å²) in [6, 6.07) is 11.1. The molecule has 4 rings (SSSR count). The maximum atomic E-state index is 13.9. The Balaban J connectivity index is 1.64. The molecule has 1 fully saturated rings. The summed E-state index contributed by atoms with van der Waals surface area (Å²) < 4.78 is 10.7. The van der Waals surface area contributed by atoms with Crippen molar-refractivity contribution in [1.82, 2.24) is 20.4 Å². The van der Waals surface area contributed by atoms with Crippen LogP contribution in [0.4, 0.5) is 0 Å². The van der Waals surface area contributed by atoms with Crippen LogP contribution in [0.1, 0.15) is 73.0 Å². The molecule has 1 aliphatic heterocycles. The summed E-state index contributed by atoms with van der Waals surface area (Å²) in [5.41, 5.74) is 1.11. The number of aromatic carboxylic acids is 1. The number of fused-ring (bicyclic) bond motifs is 2. The number of rotatable bonds is 8. The first-order valence-electron chi connectivity index (χ1n) is 15.7. The fraction of sp³-hybridized carbons (Fsp3) is 0.529. The molecule has 11 heteroatoms. The minimum absolute atomic E-state index is 0.000879. The van der Waals surface area contributed by atoms with Crippen LogP contribution in [-0.2, 0) is 32.9 Å². The van der Waals surface area contributed by atoms with Gasteiger partial charge in [-0.1, -0.05) is 44.2 Å². The monoisotopic (exact) mass is 622 g/mol. The maximum Gasteiger partial charge on any atom is 0.339 e. The molecule has 1 unspecified atom stereocenters. The molecule has 3 amide bonds. The van der Waals surface area contributed by atoms with Crippen molar-refractivity contribution >= 4 is 23.7 Å². The maximum absolute atomic E-state index is 13.9. The molecule has 2 aromatic rings. The number of ether oxygens (including phenoxy) is 2. The van der Waals surface area contributed by atoms with Gasteiger partial charge >= 0.3 is 5.97 Å². The molecule has 2 aliphatic rings. The van der Waals surface area contributed by atoms with Crippen LogP contribution in [-0.4, -0.2) is 85.5 Å². The first-order chi connectivity index (χ1) is 21.6. The molecule has 1 saturated heterocycles. The number of carbonyl (C=O) groups excluding carboxylic acids is 3. The van der Waals surface area contributed by atoms with Crippen molar-refractivity contribution in [1.29, 1.82) is 0 Å². The van der Waals surface area contributed by atoms with Crippen molar-refractivity contribution in [2.24, 2.45) is 5.92 Å². The van der Waals surface area contributed by atoms with E-state index in [-0.39, 0.29) is 42.8 Å². The number of carbonyl (C=O) groups is 4. The molecule has 11 nitrogen and oxygen atoms in total. The van der Waals surface area contributed by atoms with Crippen LogP contribution < -0.4 is 20.1 Å². The van der Waals surface area contributed by atoms with E-state index >= 15 is 0 Å². The summed E-state index contributed by atoms with van der Waals surface area (Å²) >= 11 is 0. The summed E-state index contributed by atoms with van der Waals surface area (Å²) in [5, 5.41) is 16.2. The van der Waals surface area contributed by atoms with Gasteiger partial charge in [-0.25, -0.2) is 4.79 Å². The molecular formula is C34H46N4O7. The lowest BCUT2D eigenvalue weighted by Crippen LogP contribution is -2.60. The van der Waals surface area contributed by atoms with Crippen LogP contribution in [0, 0.1) is 5.92 Å². The van der Waals surface area contributed by atoms with Crippen LogP contribution >= 0.6 is 0 Å². The summed E-state index contributed by atoms with van der Waals surface area (Å²) in [6.07, 6.45) is 4.06. The number of carboxylic acid groups (broad SMARTS) is 1. The fourth-order valence-electron chi connectivity index (χ4n) is 6.31. The van der Waals surface area contributed by atoms with Crippen molar-refractivity contribution < 1.29 is 33.8 Å². The number of aryl methyl sites for hydroxylation is 1. The van der Waals surface area contributed by atoms with E-state index in [0.29, 0.717) is 62.5 Å². The molecule has 1 atom stereocenters. The predicted molar refractivity (Wildman–Crippen MR) is 169 cm³/mol. The molecule has 0 saturated carbocycles. The molecule has 45 heavy (non-hydrogen) atoms. The molecule has 3 N–H and O–H groups in total. The van der Waals surface area contributed by atoms with Gasteiger partial charge in [0.25, 0.3) is 0 Å². The number of amides is 3. The highest BCUT2D eigenvalue weighted by Gasteiger charge is 2.44. The van der Waals surface area contributed by atoms with Crippen LogP contribution in [0.2, 0.25) is 0 Å². The normalized spacial score (nSPS) is 20.3. The van der Waals surface area contributed by atoms with Gasteiger partial charge in [-0.15, -0.1) is 0 Å². The van der Waals surface area contributed by atoms with Crippen molar-refractivity contribution in [2.75, 3.05) is 46.9 Å². The molecule has 0 aromatic heterocycles. The Labute approximate surface area is 265 Å². The van der Waals surface area contributed by atoms with E-state index in [0.717, 1.165) is 24.0 Å². The Hall–Kier alpha value is -4.12. The molecular weight excluding hydrogens is 576 g/mol. The zero-order valence-electron chi connectivity index (χ0n) is 26.8. The SMILES string of the molecule is COc1ccc(CN2CCCCNC(=O)C3(CCCc4ccccc43)NC(=O)CN(CCC(C)C)C(=O)C2)c(C(=O)O)c1OC. The van der Waals surface area contributed by atoms with Crippen LogP contribution in [0.15, 0.2) is 36.4 Å². The number of carboxylic acids is 1. The number of nitrogens with one attached hydrogen (secondary N) is 2. The fourth-order valence-corrected chi connectivity index (χ4v) is 6.31. The number of hydrogen-bond donors (Lipinski definition) is 3. The summed E-state index contributed by atoms with van der Waals surface area (Å²) in [7, 11) is 2.83. The number of benzene rings is 2. The minimum Gasteiger partial charge on any atom is -0.493 e. The zero-order valence-corrected chi connectivity index (χ0v) is 26.8.